The van der Waals surface area contributed by atoms with Crippen LogP contribution in [-0.4, -0.2) is 52.2 Å². The lowest BCUT2D eigenvalue weighted by Gasteiger charge is -2.31. The van der Waals surface area contributed by atoms with E-state index in [1.807, 2.05) is 6.20 Å². The highest BCUT2D eigenvalue weighted by Crippen LogP contribution is 2.31. The Labute approximate surface area is 127 Å². The van der Waals surface area contributed by atoms with Crippen molar-refractivity contribution in [1.29, 1.82) is 0 Å². The van der Waals surface area contributed by atoms with Crippen LogP contribution in [0.25, 0.3) is 0 Å². The van der Waals surface area contributed by atoms with E-state index in [2.05, 4.69) is 24.5 Å². The quantitative estimate of drug-likeness (QED) is 0.902. The summed E-state index contributed by atoms with van der Waals surface area (Å²) < 4.78 is 27.7. The summed E-state index contributed by atoms with van der Waals surface area (Å²) in [5, 5.41) is 4.08. The average molecular weight is 327 g/mol. The minimum Gasteiger partial charge on any atom is -0.348 e. The largest absolute Gasteiger partial charge is 0.348 e. The molecule has 1 fully saturated rings. The van der Waals surface area contributed by atoms with Crippen LogP contribution in [0.3, 0.4) is 0 Å². The lowest BCUT2D eigenvalue weighted by Crippen LogP contribution is -2.34. The minimum absolute atomic E-state index is 0.122. The maximum atomic E-state index is 11.8. The molecule has 0 aromatic carbocycles. The third kappa shape index (κ3) is 3.30. The van der Waals surface area contributed by atoms with Crippen molar-refractivity contribution in [3.05, 3.63) is 23.9 Å². The molecule has 1 aliphatic rings. The molecule has 2 aromatic heterocycles. The molecule has 3 heterocycles. The molecule has 1 atom stereocenters. The zero-order valence-electron chi connectivity index (χ0n) is 11.7. The third-order valence-corrected chi connectivity index (χ3v) is 6.19. The van der Waals surface area contributed by atoms with E-state index in [9.17, 15) is 8.42 Å². The van der Waals surface area contributed by atoms with E-state index >= 15 is 0 Å². The van der Waals surface area contributed by atoms with Crippen LogP contribution in [0.5, 0.6) is 0 Å². The van der Waals surface area contributed by atoms with Gasteiger partial charge in [0.1, 0.15) is 5.82 Å². The van der Waals surface area contributed by atoms with E-state index in [4.69, 9.17) is 0 Å². The number of aromatic nitrogens is 4. The second kappa shape index (κ2) is 5.82. The van der Waals surface area contributed by atoms with Crippen molar-refractivity contribution >= 4 is 21.4 Å². The van der Waals surface area contributed by atoms with Gasteiger partial charge in [-0.3, -0.25) is 4.90 Å². The molecule has 0 aliphatic carbocycles. The summed E-state index contributed by atoms with van der Waals surface area (Å²) in [7, 11) is -3.25. The van der Waals surface area contributed by atoms with Crippen molar-refractivity contribution < 1.29 is 8.42 Å². The first-order valence-corrected chi connectivity index (χ1v) is 9.43. The van der Waals surface area contributed by atoms with Gasteiger partial charge in [-0.1, -0.05) is 4.49 Å². The molecule has 1 aliphatic heterocycles. The van der Waals surface area contributed by atoms with Gasteiger partial charge in [0.25, 0.3) is 0 Å². The molecule has 3 rings (SSSR count). The number of likely N-dealkylation sites (tertiary alicyclic amines) is 1. The first-order chi connectivity index (χ1) is 10.0. The van der Waals surface area contributed by atoms with E-state index in [0.717, 1.165) is 49.8 Å². The van der Waals surface area contributed by atoms with Gasteiger partial charge in [-0.15, -0.1) is 5.10 Å². The van der Waals surface area contributed by atoms with Gasteiger partial charge in [-0.25, -0.2) is 13.4 Å². The molecule has 7 nitrogen and oxygen atoms in total. The summed E-state index contributed by atoms with van der Waals surface area (Å²) in [6, 6.07) is 0. The molecule has 1 saturated heterocycles. The van der Waals surface area contributed by atoms with Gasteiger partial charge in [-0.2, -0.15) is 0 Å². The van der Waals surface area contributed by atoms with Crippen molar-refractivity contribution in [1.82, 2.24) is 24.5 Å². The Bertz CT molecular complexity index is 695. The standard InChI is InChI=1S/C12H17N5O2S2/c1-21(18,19)12-11(15-16-20-12)9-3-2-6-17(7-9)8-10-13-4-5-14-10/h4-5,9H,2-3,6-8H2,1H3,(H,13,14). The third-order valence-electron chi connectivity index (χ3n) is 3.64. The number of piperidine rings is 1. The summed E-state index contributed by atoms with van der Waals surface area (Å²) >= 11 is 0.971. The Balaban J connectivity index is 1.76. The van der Waals surface area contributed by atoms with E-state index in [-0.39, 0.29) is 5.92 Å². The van der Waals surface area contributed by atoms with Crippen molar-refractivity contribution in [2.75, 3.05) is 19.3 Å². The second-order valence-electron chi connectivity index (χ2n) is 5.33. The number of hydrogen-bond donors (Lipinski definition) is 1. The highest BCUT2D eigenvalue weighted by molar-refractivity contribution is 7.92. The van der Waals surface area contributed by atoms with Gasteiger partial charge in [0.05, 0.1) is 12.2 Å². The van der Waals surface area contributed by atoms with Crippen molar-refractivity contribution in [2.45, 2.75) is 29.5 Å². The van der Waals surface area contributed by atoms with Gasteiger partial charge in [-0.05, 0) is 19.4 Å². The van der Waals surface area contributed by atoms with Crippen molar-refractivity contribution in [2.24, 2.45) is 0 Å². The molecule has 2 aromatic rings. The number of rotatable bonds is 4. The van der Waals surface area contributed by atoms with Crippen LogP contribution >= 0.6 is 11.5 Å². The average Bonchev–Trinajstić information content (AvgIpc) is 3.08. The summed E-state index contributed by atoms with van der Waals surface area (Å²) in [6.45, 7) is 2.52. The molecule has 1 unspecified atom stereocenters. The zero-order chi connectivity index (χ0) is 14.9. The predicted octanol–water partition coefficient (Wildman–Crippen LogP) is 1.04. The molecule has 0 spiro atoms. The van der Waals surface area contributed by atoms with Crippen LogP contribution in [-0.2, 0) is 16.4 Å². The van der Waals surface area contributed by atoms with Gasteiger partial charge < -0.3 is 4.98 Å². The monoisotopic (exact) mass is 327 g/mol. The molecular formula is C12H17N5O2S2. The molecule has 9 heteroatoms. The van der Waals surface area contributed by atoms with Gasteiger partial charge in [0.15, 0.2) is 14.0 Å². The number of nitrogens with one attached hydrogen (secondary N) is 1. The molecule has 0 radical (unpaired) electrons. The molecule has 1 N–H and O–H groups in total. The fraction of sp³-hybridized carbons (Fsp3) is 0.583. The Hall–Kier alpha value is -1.32. The van der Waals surface area contributed by atoms with E-state index in [1.165, 1.54) is 6.26 Å². The van der Waals surface area contributed by atoms with Crippen LogP contribution in [0.15, 0.2) is 16.6 Å². The SMILES string of the molecule is CS(=O)(=O)c1snnc1C1CCCN(Cc2ncc[nH]2)C1. The highest BCUT2D eigenvalue weighted by atomic mass is 32.2. The minimum atomic E-state index is -3.25. The van der Waals surface area contributed by atoms with Gasteiger partial charge >= 0.3 is 0 Å². The predicted molar refractivity (Wildman–Crippen MR) is 78.9 cm³/mol. The molecule has 0 bridgehead atoms. The molecule has 0 amide bonds. The van der Waals surface area contributed by atoms with Gasteiger partial charge in [0, 0.05) is 42.6 Å². The smallest absolute Gasteiger partial charge is 0.188 e. The fourth-order valence-electron chi connectivity index (χ4n) is 2.71. The summed E-state index contributed by atoms with van der Waals surface area (Å²) in [6.07, 6.45) is 6.73. The Morgan fingerprint density at radius 1 is 1.52 bits per heavy atom. The Morgan fingerprint density at radius 3 is 3.10 bits per heavy atom. The number of imidazole rings is 1. The lowest BCUT2D eigenvalue weighted by atomic mass is 9.95. The normalized spacial score (nSPS) is 20.7. The molecular weight excluding hydrogens is 310 g/mol. The number of nitrogens with zero attached hydrogens (tertiary/aromatic N) is 4. The highest BCUT2D eigenvalue weighted by Gasteiger charge is 2.29. The van der Waals surface area contributed by atoms with Crippen LogP contribution < -0.4 is 0 Å². The maximum Gasteiger partial charge on any atom is 0.188 e. The van der Waals surface area contributed by atoms with Gasteiger partial charge in [0.2, 0.25) is 0 Å². The van der Waals surface area contributed by atoms with Crippen LogP contribution in [0.1, 0.15) is 30.3 Å². The number of aromatic amines is 1. The summed E-state index contributed by atoms with van der Waals surface area (Å²) in [5.41, 5.74) is 0.631. The van der Waals surface area contributed by atoms with Crippen LogP contribution in [0.4, 0.5) is 0 Å². The van der Waals surface area contributed by atoms with E-state index in [0.29, 0.717) is 9.90 Å². The Morgan fingerprint density at radius 2 is 2.38 bits per heavy atom. The van der Waals surface area contributed by atoms with Crippen molar-refractivity contribution in [3.8, 4) is 0 Å². The van der Waals surface area contributed by atoms with Crippen LogP contribution in [0, 0.1) is 0 Å². The van der Waals surface area contributed by atoms with Crippen LogP contribution in [0.2, 0.25) is 0 Å². The topological polar surface area (TPSA) is 91.8 Å². The second-order valence-corrected chi connectivity index (χ2v) is 8.29. The first kappa shape index (κ1) is 14.6. The molecule has 0 saturated carbocycles. The molecule has 21 heavy (non-hydrogen) atoms. The van der Waals surface area contributed by atoms with E-state index in [1.54, 1.807) is 6.20 Å². The summed E-state index contributed by atoms with van der Waals surface area (Å²) in [5.74, 6) is 1.05. The summed E-state index contributed by atoms with van der Waals surface area (Å²) in [4.78, 5) is 9.61. The zero-order valence-corrected chi connectivity index (χ0v) is 13.3. The van der Waals surface area contributed by atoms with Crippen molar-refractivity contribution in [3.63, 3.8) is 0 Å². The number of H-pyrrole nitrogens is 1. The first-order valence-electron chi connectivity index (χ1n) is 6.77. The van der Waals surface area contributed by atoms with E-state index < -0.39 is 9.84 Å². The maximum absolute atomic E-state index is 11.8. The fourth-order valence-corrected chi connectivity index (χ4v) is 4.45. The molecule has 114 valence electrons. The lowest BCUT2D eigenvalue weighted by molar-refractivity contribution is 0.193. The number of sulfone groups is 1. The Kier molecular flexibility index (Phi) is 4.05. The number of hydrogen-bond acceptors (Lipinski definition) is 7.